The molecule has 19 heavy (non-hydrogen) atoms. The number of fused-ring (bicyclic) bond motifs is 1. The minimum absolute atomic E-state index is 0.318. The second-order valence-corrected chi connectivity index (χ2v) is 5.25. The van der Waals surface area contributed by atoms with Gasteiger partial charge in [-0.05, 0) is 12.8 Å². The predicted octanol–water partition coefficient (Wildman–Crippen LogP) is 2.71. The number of hydrogen-bond donors (Lipinski definition) is 1. The Morgan fingerprint density at radius 1 is 1.32 bits per heavy atom. The van der Waals surface area contributed by atoms with Crippen LogP contribution in [-0.4, -0.2) is 25.6 Å². The van der Waals surface area contributed by atoms with Gasteiger partial charge >= 0.3 is 5.97 Å². The van der Waals surface area contributed by atoms with Crippen molar-refractivity contribution in [3.8, 4) is 0 Å². The van der Waals surface area contributed by atoms with Gasteiger partial charge in [-0.2, -0.15) is 0 Å². The van der Waals surface area contributed by atoms with Gasteiger partial charge in [-0.3, -0.25) is 0 Å². The Labute approximate surface area is 111 Å². The van der Waals surface area contributed by atoms with Crippen molar-refractivity contribution in [1.29, 1.82) is 0 Å². The van der Waals surface area contributed by atoms with E-state index in [0.717, 1.165) is 23.9 Å². The van der Waals surface area contributed by atoms with Crippen molar-refractivity contribution in [1.82, 2.24) is 14.5 Å². The molecule has 0 saturated heterocycles. The molecule has 0 unspecified atom stereocenters. The Balaban J connectivity index is 2.20. The molecule has 100 valence electrons. The first-order valence-corrected chi connectivity index (χ1v) is 6.71. The summed E-state index contributed by atoms with van der Waals surface area (Å²) in [7, 11) is 1.83. The summed E-state index contributed by atoms with van der Waals surface area (Å²) in [6.45, 7) is 0. The highest BCUT2D eigenvalue weighted by Crippen LogP contribution is 2.36. The smallest absolute Gasteiger partial charge is 0.338 e. The van der Waals surface area contributed by atoms with Crippen molar-refractivity contribution in [2.45, 2.75) is 38.0 Å². The lowest BCUT2D eigenvalue weighted by Gasteiger charge is -2.21. The first-order valence-electron chi connectivity index (χ1n) is 6.71. The van der Waals surface area contributed by atoms with Crippen LogP contribution in [0, 0.1) is 0 Å². The number of carbonyl (C=O) groups is 1. The van der Waals surface area contributed by atoms with Crippen LogP contribution in [0.2, 0.25) is 0 Å². The molecular weight excluding hydrogens is 242 g/mol. The molecule has 1 aliphatic rings. The van der Waals surface area contributed by atoms with Gasteiger partial charge < -0.3 is 9.67 Å². The van der Waals surface area contributed by atoms with E-state index in [1.807, 2.05) is 7.05 Å². The third kappa shape index (κ3) is 1.99. The van der Waals surface area contributed by atoms with Gasteiger partial charge in [0.25, 0.3) is 0 Å². The molecule has 0 aromatic carbocycles. The molecule has 0 atom stereocenters. The number of nitrogens with zero attached hydrogens (tertiary/aromatic N) is 3. The van der Waals surface area contributed by atoms with E-state index in [1.54, 1.807) is 17.1 Å². The summed E-state index contributed by atoms with van der Waals surface area (Å²) >= 11 is 0. The third-order valence-corrected chi connectivity index (χ3v) is 4.01. The van der Waals surface area contributed by atoms with E-state index in [9.17, 15) is 9.90 Å². The number of rotatable bonds is 2. The van der Waals surface area contributed by atoms with E-state index in [2.05, 4.69) is 9.97 Å². The van der Waals surface area contributed by atoms with Crippen LogP contribution in [0.5, 0.6) is 0 Å². The van der Waals surface area contributed by atoms with Crippen molar-refractivity contribution < 1.29 is 9.90 Å². The van der Waals surface area contributed by atoms with Crippen LogP contribution < -0.4 is 0 Å². The Bertz CT molecular complexity index is 627. The lowest BCUT2D eigenvalue weighted by atomic mass is 9.85. The van der Waals surface area contributed by atoms with Gasteiger partial charge in [-0.25, -0.2) is 14.8 Å². The van der Waals surface area contributed by atoms with Crippen molar-refractivity contribution >= 4 is 17.0 Å². The van der Waals surface area contributed by atoms with E-state index >= 15 is 0 Å². The topological polar surface area (TPSA) is 68.0 Å². The standard InChI is InChI=1S/C14H17N3O2/c1-17-7-10(14(18)19)11-12(15-8-16-13(11)17)9-5-3-2-4-6-9/h7-9H,2-6H2,1H3,(H,18,19). The number of hydrogen-bond acceptors (Lipinski definition) is 3. The maximum atomic E-state index is 11.4. The third-order valence-electron chi connectivity index (χ3n) is 4.01. The summed E-state index contributed by atoms with van der Waals surface area (Å²) in [6, 6.07) is 0. The summed E-state index contributed by atoms with van der Waals surface area (Å²) in [5, 5.41) is 10.1. The molecule has 5 heteroatoms. The number of aromatic nitrogens is 3. The Morgan fingerprint density at radius 3 is 2.74 bits per heavy atom. The highest BCUT2D eigenvalue weighted by atomic mass is 16.4. The Hall–Kier alpha value is -1.91. The zero-order chi connectivity index (χ0) is 13.4. The van der Waals surface area contributed by atoms with Gasteiger partial charge in [0, 0.05) is 19.2 Å². The van der Waals surface area contributed by atoms with Crippen molar-refractivity contribution in [2.24, 2.45) is 7.05 Å². The van der Waals surface area contributed by atoms with Crippen LogP contribution in [0.1, 0.15) is 54.1 Å². The molecular formula is C14H17N3O2. The van der Waals surface area contributed by atoms with Crippen LogP contribution in [0.25, 0.3) is 11.0 Å². The molecule has 0 aliphatic heterocycles. The largest absolute Gasteiger partial charge is 0.478 e. The molecule has 5 nitrogen and oxygen atoms in total. The normalized spacial score (nSPS) is 16.9. The SMILES string of the molecule is Cn1cc(C(=O)O)c2c(C3CCCCC3)ncnc21. The minimum Gasteiger partial charge on any atom is -0.478 e. The van der Waals surface area contributed by atoms with Gasteiger partial charge in [-0.1, -0.05) is 19.3 Å². The summed E-state index contributed by atoms with van der Waals surface area (Å²) in [5.74, 6) is -0.530. The maximum Gasteiger partial charge on any atom is 0.338 e. The van der Waals surface area contributed by atoms with Gasteiger partial charge in [0.1, 0.15) is 12.0 Å². The molecule has 0 spiro atoms. The highest BCUT2D eigenvalue weighted by Gasteiger charge is 2.24. The van der Waals surface area contributed by atoms with Gasteiger partial charge in [0.05, 0.1) is 16.6 Å². The monoisotopic (exact) mass is 259 g/mol. The molecule has 1 N–H and O–H groups in total. The average molecular weight is 259 g/mol. The second-order valence-electron chi connectivity index (χ2n) is 5.25. The summed E-state index contributed by atoms with van der Waals surface area (Å²) < 4.78 is 1.77. The van der Waals surface area contributed by atoms with E-state index in [0.29, 0.717) is 17.1 Å². The molecule has 0 amide bonds. The Kier molecular flexibility index (Phi) is 2.97. The lowest BCUT2D eigenvalue weighted by Crippen LogP contribution is -2.09. The van der Waals surface area contributed by atoms with Crippen LogP contribution in [0.15, 0.2) is 12.5 Å². The van der Waals surface area contributed by atoms with Crippen LogP contribution >= 0.6 is 0 Å². The van der Waals surface area contributed by atoms with Crippen molar-refractivity contribution in [3.63, 3.8) is 0 Å². The van der Waals surface area contributed by atoms with Crippen molar-refractivity contribution in [2.75, 3.05) is 0 Å². The average Bonchev–Trinajstić information content (AvgIpc) is 2.78. The fraction of sp³-hybridized carbons (Fsp3) is 0.500. The van der Waals surface area contributed by atoms with E-state index in [-0.39, 0.29) is 0 Å². The first kappa shape index (κ1) is 12.1. The Morgan fingerprint density at radius 2 is 2.05 bits per heavy atom. The van der Waals surface area contributed by atoms with E-state index in [1.165, 1.54) is 19.3 Å². The fourth-order valence-electron chi connectivity index (χ4n) is 3.08. The number of aryl methyl sites for hydroxylation is 1. The van der Waals surface area contributed by atoms with E-state index in [4.69, 9.17) is 0 Å². The molecule has 2 heterocycles. The fourth-order valence-corrected chi connectivity index (χ4v) is 3.08. The molecule has 3 rings (SSSR count). The van der Waals surface area contributed by atoms with E-state index < -0.39 is 5.97 Å². The number of carboxylic acids is 1. The lowest BCUT2D eigenvalue weighted by molar-refractivity contribution is 0.0698. The van der Waals surface area contributed by atoms with Crippen LogP contribution in [0.3, 0.4) is 0 Å². The predicted molar refractivity (Wildman–Crippen MR) is 71.3 cm³/mol. The highest BCUT2D eigenvalue weighted by molar-refractivity contribution is 6.03. The summed E-state index contributed by atoms with van der Waals surface area (Å²) in [4.78, 5) is 20.0. The maximum absolute atomic E-state index is 11.4. The minimum atomic E-state index is -0.905. The zero-order valence-corrected chi connectivity index (χ0v) is 11.0. The first-order chi connectivity index (χ1) is 9.18. The number of aromatic carboxylic acids is 1. The molecule has 2 aromatic heterocycles. The van der Waals surface area contributed by atoms with Crippen LogP contribution in [-0.2, 0) is 7.05 Å². The summed E-state index contributed by atoms with van der Waals surface area (Å²) in [5.41, 5.74) is 1.95. The molecule has 2 aromatic rings. The van der Waals surface area contributed by atoms with Crippen LogP contribution in [0.4, 0.5) is 0 Å². The molecule has 1 fully saturated rings. The molecule has 1 saturated carbocycles. The second kappa shape index (κ2) is 4.64. The number of carboxylic acid groups (broad SMARTS) is 1. The summed E-state index contributed by atoms with van der Waals surface area (Å²) in [6.07, 6.45) is 9.05. The zero-order valence-electron chi connectivity index (χ0n) is 11.0. The van der Waals surface area contributed by atoms with Crippen molar-refractivity contribution in [3.05, 3.63) is 23.8 Å². The van der Waals surface area contributed by atoms with Gasteiger partial charge in [0.2, 0.25) is 0 Å². The van der Waals surface area contributed by atoms with Gasteiger partial charge in [0.15, 0.2) is 0 Å². The van der Waals surface area contributed by atoms with Gasteiger partial charge in [-0.15, -0.1) is 0 Å². The molecule has 0 radical (unpaired) electrons. The molecule has 0 bridgehead atoms. The molecule has 1 aliphatic carbocycles. The quantitative estimate of drug-likeness (QED) is 0.900.